The van der Waals surface area contributed by atoms with Crippen molar-refractivity contribution in [2.45, 2.75) is 102 Å². The third-order valence-electron chi connectivity index (χ3n) is 4.47. The molecule has 158 valence electrons. The molecule has 2 unspecified atom stereocenters. The summed E-state index contributed by atoms with van der Waals surface area (Å²) in [5, 5.41) is 18.6. The van der Waals surface area contributed by atoms with E-state index in [0.29, 0.717) is 5.75 Å². The molecule has 4 N–H and O–H groups in total. The SMILES string of the molecule is CCCCCCCCCCCCC=CC(SCCC(N)=O)C(O)CC(=O)O. The van der Waals surface area contributed by atoms with Crippen molar-refractivity contribution in [1.29, 1.82) is 0 Å². The van der Waals surface area contributed by atoms with E-state index in [0.717, 1.165) is 12.8 Å². The highest BCUT2D eigenvalue weighted by molar-refractivity contribution is 8.00. The van der Waals surface area contributed by atoms with Crippen molar-refractivity contribution in [1.82, 2.24) is 0 Å². The molecule has 0 aliphatic rings. The van der Waals surface area contributed by atoms with Crippen LogP contribution in [0.2, 0.25) is 0 Å². The number of hydrogen-bond acceptors (Lipinski definition) is 4. The Kier molecular flexibility index (Phi) is 17.7. The van der Waals surface area contributed by atoms with Gasteiger partial charge in [-0.25, -0.2) is 0 Å². The van der Waals surface area contributed by atoms with Gasteiger partial charge in [0, 0.05) is 17.4 Å². The van der Waals surface area contributed by atoms with Crippen LogP contribution in [-0.4, -0.2) is 39.2 Å². The number of primary amides is 1. The molecule has 0 spiro atoms. The van der Waals surface area contributed by atoms with Crippen molar-refractivity contribution in [2.75, 3.05) is 5.75 Å². The van der Waals surface area contributed by atoms with E-state index in [4.69, 9.17) is 10.8 Å². The zero-order chi connectivity index (χ0) is 20.3. The molecule has 0 aliphatic carbocycles. The van der Waals surface area contributed by atoms with Crippen molar-refractivity contribution in [2.24, 2.45) is 5.73 Å². The van der Waals surface area contributed by atoms with Crippen molar-refractivity contribution in [3.63, 3.8) is 0 Å². The zero-order valence-corrected chi connectivity index (χ0v) is 17.7. The molecule has 27 heavy (non-hydrogen) atoms. The van der Waals surface area contributed by atoms with Crippen LogP contribution in [0.1, 0.15) is 90.4 Å². The van der Waals surface area contributed by atoms with Crippen LogP contribution in [0.5, 0.6) is 0 Å². The van der Waals surface area contributed by atoms with Gasteiger partial charge in [-0.15, -0.1) is 0 Å². The van der Waals surface area contributed by atoms with Gasteiger partial charge in [-0.05, 0) is 12.8 Å². The fourth-order valence-electron chi connectivity index (χ4n) is 2.87. The van der Waals surface area contributed by atoms with Crippen molar-refractivity contribution >= 4 is 23.6 Å². The maximum Gasteiger partial charge on any atom is 0.306 e. The maximum atomic E-state index is 10.8. The van der Waals surface area contributed by atoms with Crippen LogP contribution in [0, 0.1) is 0 Å². The van der Waals surface area contributed by atoms with Gasteiger partial charge in [0.2, 0.25) is 5.91 Å². The van der Waals surface area contributed by atoms with E-state index in [2.05, 4.69) is 6.92 Å². The number of carbonyl (C=O) groups is 2. The van der Waals surface area contributed by atoms with E-state index < -0.39 is 12.1 Å². The number of carbonyl (C=O) groups excluding carboxylic acids is 1. The van der Waals surface area contributed by atoms with E-state index in [1.807, 2.05) is 12.2 Å². The minimum atomic E-state index is -1.02. The van der Waals surface area contributed by atoms with E-state index in [1.54, 1.807) is 0 Å². The van der Waals surface area contributed by atoms with Crippen molar-refractivity contribution in [3.8, 4) is 0 Å². The molecule has 0 aromatic carbocycles. The molecule has 0 aromatic rings. The number of thioether (sulfide) groups is 1. The quantitative estimate of drug-likeness (QED) is 0.216. The van der Waals surface area contributed by atoms with Gasteiger partial charge in [-0.1, -0.05) is 76.9 Å². The second-order valence-electron chi connectivity index (χ2n) is 7.12. The largest absolute Gasteiger partial charge is 0.481 e. The molecule has 0 heterocycles. The molecule has 0 bridgehead atoms. The van der Waals surface area contributed by atoms with Crippen LogP contribution >= 0.6 is 11.8 Å². The van der Waals surface area contributed by atoms with Crippen LogP contribution in [0.15, 0.2) is 12.2 Å². The Bertz CT molecular complexity index is 415. The summed E-state index contributed by atoms with van der Waals surface area (Å²) in [6.45, 7) is 2.24. The molecular weight excluding hydrogens is 362 g/mol. The number of aliphatic hydroxyl groups excluding tert-OH is 1. The number of hydrogen-bond donors (Lipinski definition) is 3. The summed E-state index contributed by atoms with van der Waals surface area (Å²) in [7, 11) is 0. The molecule has 0 aliphatic heterocycles. The first kappa shape index (κ1) is 26.0. The summed E-state index contributed by atoms with van der Waals surface area (Å²) >= 11 is 1.38. The minimum absolute atomic E-state index is 0.229. The van der Waals surface area contributed by atoms with Gasteiger partial charge in [0.1, 0.15) is 0 Å². The third-order valence-corrected chi connectivity index (χ3v) is 5.77. The Morgan fingerprint density at radius 2 is 1.56 bits per heavy atom. The standard InChI is InChI=1S/C21H39NO4S/c1-2-3-4-5-6-7-8-9-10-11-12-13-14-19(18(23)17-21(25)26)27-16-15-20(22)24/h13-14,18-19,23H,2-12,15-17H2,1H3,(H2,22,24)(H,25,26). The number of carboxylic acid groups (broad SMARTS) is 1. The van der Waals surface area contributed by atoms with E-state index >= 15 is 0 Å². The molecule has 1 amide bonds. The van der Waals surface area contributed by atoms with Gasteiger partial charge < -0.3 is 15.9 Å². The highest BCUT2D eigenvalue weighted by Gasteiger charge is 2.20. The summed E-state index contributed by atoms with van der Waals surface area (Å²) in [6, 6.07) is 0. The molecule has 0 fully saturated rings. The van der Waals surface area contributed by atoms with Crippen LogP contribution < -0.4 is 5.73 Å². The number of aliphatic carboxylic acids is 1. The molecule has 0 saturated heterocycles. The fraction of sp³-hybridized carbons (Fsp3) is 0.810. The van der Waals surface area contributed by atoms with E-state index in [1.165, 1.54) is 69.5 Å². The van der Waals surface area contributed by atoms with Crippen LogP contribution in [0.25, 0.3) is 0 Å². The number of unbranched alkanes of at least 4 members (excludes halogenated alkanes) is 10. The molecule has 2 atom stereocenters. The maximum absolute atomic E-state index is 10.8. The first-order valence-corrected chi connectivity index (χ1v) is 11.5. The average molecular weight is 402 g/mol. The monoisotopic (exact) mass is 401 g/mol. The zero-order valence-electron chi connectivity index (χ0n) is 16.9. The normalized spacial score (nSPS) is 13.7. The Morgan fingerprint density at radius 1 is 1.00 bits per heavy atom. The highest BCUT2D eigenvalue weighted by atomic mass is 32.2. The van der Waals surface area contributed by atoms with Gasteiger partial charge in [0.05, 0.1) is 12.5 Å². The molecule has 0 radical (unpaired) electrons. The fourth-order valence-corrected chi connectivity index (χ4v) is 4.00. The van der Waals surface area contributed by atoms with E-state index in [-0.39, 0.29) is 24.0 Å². The molecule has 0 aromatic heterocycles. The molecule has 5 nitrogen and oxygen atoms in total. The number of allylic oxidation sites excluding steroid dienone is 1. The molecule has 0 saturated carbocycles. The lowest BCUT2D eigenvalue weighted by molar-refractivity contribution is -0.139. The Morgan fingerprint density at radius 3 is 2.07 bits per heavy atom. The van der Waals surface area contributed by atoms with Gasteiger partial charge >= 0.3 is 5.97 Å². The first-order valence-electron chi connectivity index (χ1n) is 10.4. The van der Waals surface area contributed by atoms with Gasteiger partial charge in [-0.3, -0.25) is 9.59 Å². The Hall–Kier alpha value is -1.01. The second kappa shape index (κ2) is 18.4. The number of carboxylic acids is 1. The Labute approximate surface area is 169 Å². The summed E-state index contributed by atoms with van der Waals surface area (Å²) in [5.74, 6) is -0.923. The van der Waals surface area contributed by atoms with E-state index in [9.17, 15) is 14.7 Å². The predicted molar refractivity (Wildman–Crippen MR) is 114 cm³/mol. The highest BCUT2D eigenvalue weighted by Crippen LogP contribution is 2.20. The lowest BCUT2D eigenvalue weighted by Gasteiger charge is -2.17. The lowest BCUT2D eigenvalue weighted by atomic mass is 10.1. The summed E-state index contributed by atoms with van der Waals surface area (Å²) < 4.78 is 0. The molecule has 6 heteroatoms. The average Bonchev–Trinajstić information content (AvgIpc) is 2.60. The topological polar surface area (TPSA) is 101 Å². The van der Waals surface area contributed by atoms with Gasteiger partial charge in [0.25, 0.3) is 0 Å². The number of rotatable bonds is 19. The van der Waals surface area contributed by atoms with Crippen LogP contribution in [0.4, 0.5) is 0 Å². The third kappa shape index (κ3) is 18.1. The second-order valence-corrected chi connectivity index (χ2v) is 8.40. The van der Waals surface area contributed by atoms with Gasteiger partial charge in [0.15, 0.2) is 0 Å². The summed E-state index contributed by atoms with van der Waals surface area (Å²) in [5.41, 5.74) is 5.13. The number of nitrogens with two attached hydrogens (primary N) is 1. The minimum Gasteiger partial charge on any atom is -0.481 e. The molecular formula is C21H39NO4S. The lowest BCUT2D eigenvalue weighted by Crippen LogP contribution is -2.25. The van der Waals surface area contributed by atoms with Crippen LogP contribution in [-0.2, 0) is 9.59 Å². The van der Waals surface area contributed by atoms with Crippen molar-refractivity contribution in [3.05, 3.63) is 12.2 Å². The molecule has 0 rings (SSSR count). The smallest absolute Gasteiger partial charge is 0.306 e. The summed E-state index contributed by atoms with van der Waals surface area (Å²) in [4.78, 5) is 21.6. The predicted octanol–water partition coefficient (Wildman–Crippen LogP) is 4.67. The number of aliphatic hydroxyl groups is 1. The van der Waals surface area contributed by atoms with Crippen molar-refractivity contribution < 1.29 is 19.8 Å². The van der Waals surface area contributed by atoms with Crippen LogP contribution in [0.3, 0.4) is 0 Å². The first-order chi connectivity index (χ1) is 13.0. The van der Waals surface area contributed by atoms with Gasteiger partial charge in [-0.2, -0.15) is 11.8 Å². The number of amides is 1. The Balaban J connectivity index is 3.91. The summed E-state index contributed by atoms with van der Waals surface area (Å²) in [6.07, 6.45) is 16.8.